The number of nitrogens with zero attached hydrogens (tertiary/aromatic N) is 1. The molecule has 0 atom stereocenters. The Kier molecular flexibility index (Phi) is 6.08. The zero-order valence-electron chi connectivity index (χ0n) is 11.8. The number of nitrogens with two attached hydrogens (primary N) is 1. The van der Waals surface area contributed by atoms with E-state index < -0.39 is 9.84 Å². The van der Waals surface area contributed by atoms with Crippen LogP contribution in [0.1, 0.15) is 45.4 Å². The van der Waals surface area contributed by atoms with Crippen LogP contribution in [0.15, 0.2) is 0 Å². The Morgan fingerprint density at radius 2 is 1.83 bits per heavy atom. The highest BCUT2D eigenvalue weighted by Crippen LogP contribution is 2.32. The molecule has 1 fully saturated rings. The van der Waals surface area contributed by atoms with Crippen LogP contribution in [0.25, 0.3) is 0 Å². The number of hydrogen-bond donors (Lipinski definition) is 1. The van der Waals surface area contributed by atoms with Crippen molar-refractivity contribution < 1.29 is 8.42 Å². The molecular weight excluding hydrogens is 248 g/mol. The van der Waals surface area contributed by atoms with Crippen molar-refractivity contribution in [1.82, 2.24) is 4.90 Å². The van der Waals surface area contributed by atoms with Crippen molar-refractivity contribution in [2.24, 2.45) is 5.73 Å². The summed E-state index contributed by atoms with van der Waals surface area (Å²) in [5, 5.41) is 0. The van der Waals surface area contributed by atoms with Crippen LogP contribution in [0.3, 0.4) is 0 Å². The predicted molar refractivity (Wildman–Crippen MR) is 76.4 cm³/mol. The van der Waals surface area contributed by atoms with Crippen molar-refractivity contribution in [2.75, 3.05) is 31.6 Å². The van der Waals surface area contributed by atoms with Crippen LogP contribution in [0, 0.1) is 0 Å². The normalized spacial score (nSPS) is 20.2. The first kappa shape index (κ1) is 15.9. The highest BCUT2D eigenvalue weighted by Gasteiger charge is 2.35. The van der Waals surface area contributed by atoms with Gasteiger partial charge in [0, 0.05) is 18.3 Å². The summed E-state index contributed by atoms with van der Waals surface area (Å²) in [7, 11) is -2.84. The van der Waals surface area contributed by atoms with Gasteiger partial charge >= 0.3 is 0 Å². The molecule has 4 nitrogen and oxygen atoms in total. The summed E-state index contributed by atoms with van der Waals surface area (Å²) >= 11 is 0. The SMILES string of the molecule is CCN(CCCS(C)(=O)=O)C1(CN)CCCCC1. The van der Waals surface area contributed by atoms with Crippen LogP contribution in [-0.4, -0.2) is 50.5 Å². The molecule has 1 rings (SSSR count). The molecule has 0 unspecified atom stereocenters. The first-order chi connectivity index (χ1) is 8.43. The zero-order valence-corrected chi connectivity index (χ0v) is 12.6. The van der Waals surface area contributed by atoms with Gasteiger partial charge in [-0.1, -0.05) is 26.2 Å². The van der Waals surface area contributed by atoms with Crippen molar-refractivity contribution in [1.29, 1.82) is 0 Å². The van der Waals surface area contributed by atoms with Gasteiger partial charge in [0.05, 0.1) is 5.75 Å². The Labute approximate surface area is 112 Å². The van der Waals surface area contributed by atoms with Crippen molar-refractivity contribution in [3.05, 3.63) is 0 Å². The third kappa shape index (κ3) is 4.52. The van der Waals surface area contributed by atoms with Gasteiger partial charge < -0.3 is 5.73 Å². The van der Waals surface area contributed by atoms with Gasteiger partial charge in [-0.2, -0.15) is 0 Å². The Hall–Kier alpha value is -0.130. The number of hydrogen-bond acceptors (Lipinski definition) is 4. The fraction of sp³-hybridized carbons (Fsp3) is 1.00. The average molecular weight is 276 g/mol. The minimum Gasteiger partial charge on any atom is -0.329 e. The van der Waals surface area contributed by atoms with E-state index in [2.05, 4.69) is 11.8 Å². The lowest BCUT2D eigenvalue weighted by Gasteiger charge is -2.45. The molecular formula is C13H28N2O2S. The summed E-state index contributed by atoms with van der Waals surface area (Å²) in [4.78, 5) is 2.41. The molecule has 1 aliphatic rings. The standard InChI is InChI=1S/C13H28N2O2S/c1-3-15(10-7-11-18(2,16)17)13(12-14)8-5-4-6-9-13/h3-12,14H2,1-2H3. The van der Waals surface area contributed by atoms with Gasteiger partial charge in [-0.05, 0) is 32.4 Å². The largest absolute Gasteiger partial charge is 0.329 e. The van der Waals surface area contributed by atoms with Crippen molar-refractivity contribution in [2.45, 2.75) is 51.0 Å². The highest BCUT2D eigenvalue weighted by atomic mass is 32.2. The molecule has 1 saturated carbocycles. The summed E-state index contributed by atoms with van der Waals surface area (Å²) in [6.45, 7) is 4.65. The van der Waals surface area contributed by atoms with Gasteiger partial charge in [-0.25, -0.2) is 8.42 Å². The monoisotopic (exact) mass is 276 g/mol. The third-order valence-electron chi connectivity index (χ3n) is 4.16. The van der Waals surface area contributed by atoms with Gasteiger partial charge in [0.25, 0.3) is 0 Å². The Balaban J connectivity index is 2.57. The predicted octanol–water partition coefficient (Wildman–Crippen LogP) is 1.40. The molecule has 0 saturated heterocycles. The second kappa shape index (κ2) is 6.87. The minimum atomic E-state index is -2.84. The highest BCUT2D eigenvalue weighted by molar-refractivity contribution is 7.90. The molecule has 0 amide bonds. The van der Waals surface area contributed by atoms with E-state index in [0.717, 1.165) is 25.9 Å². The maximum atomic E-state index is 11.2. The molecule has 108 valence electrons. The van der Waals surface area contributed by atoms with E-state index in [4.69, 9.17) is 5.73 Å². The van der Waals surface area contributed by atoms with E-state index in [1.165, 1.54) is 25.5 Å². The lowest BCUT2D eigenvalue weighted by Crippen LogP contribution is -2.55. The number of likely N-dealkylation sites (N-methyl/N-ethyl adjacent to an activating group) is 1. The molecule has 0 bridgehead atoms. The van der Waals surface area contributed by atoms with Gasteiger partial charge in [0.15, 0.2) is 0 Å². The van der Waals surface area contributed by atoms with Crippen molar-refractivity contribution in [3.8, 4) is 0 Å². The van der Waals surface area contributed by atoms with Gasteiger partial charge in [-0.3, -0.25) is 4.90 Å². The van der Waals surface area contributed by atoms with E-state index in [9.17, 15) is 8.42 Å². The number of rotatable bonds is 7. The summed E-state index contributed by atoms with van der Waals surface area (Å²) in [5.74, 6) is 0.282. The van der Waals surface area contributed by atoms with Crippen molar-refractivity contribution in [3.63, 3.8) is 0 Å². The molecule has 0 spiro atoms. The molecule has 0 aromatic rings. The van der Waals surface area contributed by atoms with Gasteiger partial charge in [0.1, 0.15) is 9.84 Å². The molecule has 5 heteroatoms. The molecule has 2 N–H and O–H groups in total. The zero-order chi connectivity index (χ0) is 13.6. The topological polar surface area (TPSA) is 63.4 Å². The number of sulfone groups is 1. The fourth-order valence-electron chi connectivity index (χ4n) is 3.11. The molecule has 18 heavy (non-hydrogen) atoms. The third-order valence-corrected chi connectivity index (χ3v) is 5.19. The fourth-order valence-corrected chi connectivity index (χ4v) is 3.76. The molecule has 0 aromatic carbocycles. The lowest BCUT2D eigenvalue weighted by atomic mass is 9.80. The van der Waals surface area contributed by atoms with Crippen LogP contribution in [0.2, 0.25) is 0 Å². The van der Waals surface area contributed by atoms with Crippen LogP contribution in [0.4, 0.5) is 0 Å². The van der Waals surface area contributed by atoms with Crippen LogP contribution >= 0.6 is 0 Å². The van der Waals surface area contributed by atoms with Crippen molar-refractivity contribution >= 4 is 9.84 Å². The maximum Gasteiger partial charge on any atom is 0.147 e. The molecule has 0 radical (unpaired) electrons. The second-order valence-corrected chi connectivity index (χ2v) is 7.81. The Bertz CT molecular complexity index is 335. The quantitative estimate of drug-likeness (QED) is 0.763. The molecule has 0 heterocycles. The van der Waals surface area contributed by atoms with E-state index >= 15 is 0 Å². The second-order valence-electron chi connectivity index (χ2n) is 5.55. The summed E-state index contributed by atoms with van der Waals surface area (Å²) in [5.41, 5.74) is 6.14. The molecule has 0 aromatic heterocycles. The Morgan fingerprint density at radius 3 is 2.28 bits per heavy atom. The Morgan fingerprint density at radius 1 is 1.22 bits per heavy atom. The summed E-state index contributed by atoms with van der Waals surface area (Å²) in [6, 6.07) is 0. The molecule has 0 aliphatic heterocycles. The van der Waals surface area contributed by atoms with Gasteiger partial charge in [-0.15, -0.1) is 0 Å². The maximum absolute atomic E-state index is 11.2. The van der Waals surface area contributed by atoms with Crippen LogP contribution in [0.5, 0.6) is 0 Å². The van der Waals surface area contributed by atoms with E-state index in [1.807, 2.05) is 0 Å². The van der Waals surface area contributed by atoms with E-state index in [1.54, 1.807) is 0 Å². The van der Waals surface area contributed by atoms with Crippen LogP contribution in [-0.2, 0) is 9.84 Å². The summed E-state index contributed by atoms with van der Waals surface area (Å²) < 4.78 is 22.4. The van der Waals surface area contributed by atoms with Gasteiger partial charge in [0.2, 0.25) is 0 Å². The first-order valence-electron chi connectivity index (χ1n) is 7.06. The lowest BCUT2D eigenvalue weighted by molar-refractivity contribution is 0.0621. The average Bonchev–Trinajstić information content (AvgIpc) is 2.34. The summed E-state index contributed by atoms with van der Waals surface area (Å²) in [6.07, 6.45) is 8.16. The van der Waals surface area contributed by atoms with E-state index in [-0.39, 0.29) is 11.3 Å². The van der Waals surface area contributed by atoms with Crippen LogP contribution < -0.4 is 5.73 Å². The van der Waals surface area contributed by atoms with E-state index in [0.29, 0.717) is 13.0 Å². The smallest absolute Gasteiger partial charge is 0.147 e. The first-order valence-corrected chi connectivity index (χ1v) is 9.12. The molecule has 1 aliphatic carbocycles. The minimum absolute atomic E-state index is 0.129.